The minimum Gasteiger partial charge on any atom is -0.339 e. The number of rotatable bonds is 6. The van der Waals surface area contributed by atoms with E-state index >= 15 is 0 Å². The van der Waals surface area contributed by atoms with E-state index in [9.17, 15) is 4.79 Å². The average Bonchev–Trinajstić information content (AvgIpc) is 2.58. The van der Waals surface area contributed by atoms with Crippen molar-refractivity contribution in [3.63, 3.8) is 0 Å². The second-order valence-corrected chi connectivity index (χ2v) is 4.71. The standard InChI is InChI=1S/C18H25NO.C2H6/c1-5-9-15(6-2)14-16-10-12-17(13-11-16)18(20)19(7-3)8-4;1-2/h5-6,9-13H,7-8,14H2,1-4H3;1-2H3/b9-5-,15-6+;. The van der Waals surface area contributed by atoms with Crippen molar-refractivity contribution in [2.45, 2.75) is 48.0 Å². The van der Waals surface area contributed by atoms with Gasteiger partial charge in [0.15, 0.2) is 0 Å². The average molecular weight is 301 g/mol. The largest absolute Gasteiger partial charge is 0.339 e. The predicted octanol–water partition coefficient (Wildman–Crippen LogP) is 5.26. The maximum atomic E-state index is 12.2. The van der Waals surface area contributed by atoms with E-state index in [-0.39, 0.29) is 5.91 Å². The summed E-state index contributed by atoms with van der Waals surface area (Å²) in [4.78, 5) is 14.0. The van der Waals surface area contributed by atoms with Crippen molar-refractivity contribution in [3.8, 4) is 0 Å². The summed E-state index contributed by atoms with van der Waals surface area (Å²) in [6.07, 6.45) is 7.19. The fourth-order valence-corrected chi connectivity index (χ4v) is 2.17. The fraction of sp³-hybridized carbons (Fsp3) is 0.450. The lowest BCUT2D eigenvalue weighted by molar-refractivity contribution is 0.0773. The number of allylic oxidation sites excluding steroid dienone is 4. The number of hydrogen-bond acceptors (Lipinski definition) is 1. The summed E-state index contributed by atoms with van der Waals surface area (Å²) < 4.78 is 0. The van der Waals surface area contributed by atoms with E-state index in [1.807, 2.05) is 76.8 Å². The fourth-order valence-electron chi connectivity index (χ4n) is 2.17. The second-order valence-electron chi connectivity index (χ2n) is 4.71. The molecule has 0 radical (unpaired) electrons. The van der Waals surface area contributed by atoms with Gasteiger partial charge < -0.3 is 4.90 Å². The molecule has 0 fully saturated rings. The van der Waals surface area contributed by atoms with E-state index in [4.69, 9.17) is 0 Å². The van der Waals surface area contributed by atoms with E-state index < -0.39 is 0 Å². The summed E-state index contributed by atoms with van der Waals surface area (Å²) >= 11 is 0. The first kappa shape index (κ1) is 20.2. The highest BCUT2D eigenvalue weighted by atomic mass is 16.2. The molecule has 0 unspecified atom stereocenters. The monoisotopic (exact) mass is 301 g/mol. The Morgan fingerprint density at radius 3 is 2.00 bits per heavy atom. The molecule has 22 heavy (non-hydrogen) atoms. The third kappa shape index (κ3) is 6.30. The molecule has 0 saturated heterocycles. The van der Waals surface area contributed by atoms with Gasteiger partial charge in [0.25, 0.3) is 5.91 Å². The van der Waals surface area contributed by atoms with Crippen molar-refractivity contribution in [2.75, 3.05) is 13.1 Å². The maximum Gasteiger partial charge on any atom is 0.253 e. The Bertz CT molecular complexity index is 479. The second kappa shape index (κ2) is 11.8. The zero-order valence-corrected chi connectivity index (χ0v) is 15.0. The van der Waals surface area contributed by atoms with Crippen molar-refractivity contribution >= 4 is 5.91 Å². The molecular weight excluding hydrogens is 270 g/mol. The van der Waals surface area contributed by atoms with Gasteiger partial charge in [0, 0.05) is 18.7 Å². The number of hydrogen-bond donors (Lipinski definition) is 0. The summed E-state index contributed by atoms with van der Waals surface area (Å²) in [6, 6.07) is 7.95. The summed E-state index contributed by atoms with van der Waals surface area (Å²) in [5.41, 5.74) is 3.29. The molecule has 0 saturated carbocycles. The quantitative estimate of drug-likeness (QED) is 0.656. The zero-order chi connectivity index (χ0) is 17.0. The smallest absolute Gasteiger partial charge is 0.253 e. The molecule has 0 heterocycles. The Labute approximate surface area is 136 Å². The minimum atomic E-state index is 0.112. The Morgan fingerprint density at radius 1 is 1.05 bits per heavy atom. The highest BCUT2D eigenvalue weighted by Crippen LogP contribution is 2.12. The highest BCUT2D eigenvalue weighted by molar-refractivity contribution is 5.94. The summed E-state index contributed by atoms with van der Waals surface area (Å²) in [5, 5.41) is 0. The van der Waals surface area contributed by atoms with Gasteiger partial charge in [0.05, 0.1) is 0 Å². The van der Waals surface area contributed by atoms with Crippen molar-refractivity contribution in [2.24, 2.45) is 0 Å². The van der Waals surface area contributed by atoms with Crippen LogP contribution in [0.1, 0.15) is 57.5 Å². The number of carbonyl (C=O) groups is 1. The van der Waals surface area contributed by atoms with Crippen LogP contribution >= 0.6 is 0 Å². The van der Waals surface area contributed by atoms with Gasteiger partial charge in [-0.15, -0.1) is 0 Å². The van der Waals surface area contributed by atoms with Gasteiger partial charge in [-0.2, -0.15) is 0 Å². The van der Waals surface area contributed by atoms with Gasteiger partial charge >= 0.3 is 0 Å². The number of nitrogens with zero attached hydrogens (tertiary/aromatic N) is 1. The molecule has 0 aliphatic heterocycles. The van der Waals surface area contributed by atoms with Crippen LogP contribution in [0.3, 0.4) is 0 Å². The van der Waals surface area contributed by atoms with Gasteiger partial charge in [-0.1, -0.05) is 44.2 Å². The molecule has 122 valence electrons. The first-order valence-electron chi connectivity index (χ1n) is 8.32. The van der Waals surface area contributed by atoms with Gasteiger partial charge in [-0.25, -0.2) is 0 Å². The normalized spacial score (nSPS) is 11.1. The molecule has 0 N–H and O–H groups in total. The molecule has 2 nitrogen and oxygen atoms in total. The molecule has 2 heteroatoms. The van der Waals surface area contributed by atoms with Crippen LogP contribution in [-0.2, 0) is 6.42 Å². The molecule has 0 spiro atoms. The number of carbonyl (C=O) groups excluding carboxylic acids is 1. The molecular formula is C20H31NO. The third-order valence-electron chi connectivity index (χ3n) is 3.41. The minimum absolute atomic E-state index is 0.112. The van der Waals surface area contributed by atoms with Crippen LogP contribution in [0, 0.1) is 0 Å². The van der Waals surface area contributed by atoms with Crippen molar-refractivity contribution in [1.82, 2.24) is 4.90 Å². The van der Waals surface area contributed by atoms with E-state index in [2.05, 4.69) is 12.2 Å². The summed E-state index contributed by atoms with van der Waals surface area (Å²) in [6.45, 7) is 13.6. The first-order valence-corrected chi connectivity index (χ1v) is 8.32. The van der Waals surface area contributed by atoms with Crippen LogP contribution in [0.4, 0.5) is 0 Å². The van der Waals surface area contributed by atoms with Crippen LogP contribution in [0.2, 0.25) is 0 Å². The zero-order valence-electron chi connectivity index (χ0n) is 15.0. The summed E-state index contributed by atoms with van der Waals surface area (Å²) in [5.74, 6) is 0.112. The van der Waals surface area contributed by atoms with Crippen molar-refractivity contribution < 1.29 is 4.79 Å². The molecule has 0 aliphatic carbocycles. The summed E-state index contributed by atoms with van der Waals surface area (Å²) in [7, 11) is 0. The van der Waals surface area contributed by atoms with Gasteiger partial charge in [0.2, 0.25) is 0 Å². The Kier molecular flexibility index (Phi) is 10.8. The molecule has 0 aliphatic rings. The lowest BCUT2D eigenvalue weighted by Crippen LogP contribution is -2.30. The third-order valence-corrected chi connectivity index (χ3v) is 3.41. The van der Waals surface area contributed by atoms with E-state index in [0.717, 1.165) is 25.1 Å². The first-order chi connectivity index (χ1) is 10.7. The molecule has 1 aromatic rings. The van der Waals surface area contributed by atoms with Crippen LogP contribution in [0.5, 0.6) is 0 Å². The predicted molar refractivity (Wildman–Crippen MR) is 97.3 cm³/mol. The van der Waals surface area contributed by atoms with Crippen molar-refractivity contribution in [1.29, 1.82) is 0 Å². The van der Waals surface area contributed by atoms with E-state index in [1.54, 1.807) is 0 Å². The Balaban J connectivity index is 0.00000211. The van der Waals surface area contributed by atoms with Crippen LogP contribution in [-0.4, -0.2) is 23.9 Å². The lowest BCUT2D eigenvalue weighted by atomic mass is 10.0. The van der Waals surface area contributed by atoms with Gasteiger partial charge in [-0.3, -0.25) is 4.79 Å². The molecule has 0 bridgehead atoms. The molecule has 0 atom stereocenters. The van der Waals surface area contributed by atoms with Crippen LogP contribution < -0.4 is 0 Å². The van der Waals surface area contributed by atoms with Crippen LogP contribution in [0.25, 0.3) is 0 Å². The Morgan fingerprint density at radius 2 is 1.59 bits per heavy atom. The number of benzene rings is 1. The number of amides is 1. The lowest BCUT2D eigenvalue weighted by Gasteiger charge is -2.18. The van der Waals surface area contributed by atoms with E-state index in [1.165, 1.54) is 11.1 Å². The molecule has 1 amide bonds. The Hall–Kier alpha value is -1.83. The van der Waals surface area contributed by atoms with Gasteiger partial charge in [-0.05, 0) is 57.4 Å². The SMILES string of the molecule is C/C=C\C(=C/C)Cc1ccc(C(=O)N(CC)CC)cc1.CC. The van der Waals surface area contributed by atoms with Crippen LogP contribution in [0.15, 0.2) is 48.1 Å². The molecule has 1 aromatic carbocycles. The topological polar surface area (TPSA) is 20.3 Å². The van der Waals surface area contributed by atoms with Gasteiger partial charge in [0.1, 0.15) is 0 Å². The molecule has 0 aromatic heterocycles. The van der Waals surface area contributed by atoms with E-state index in [0.29, 0.717) is 0 Å². The maximum absolute atomic E-state index is 12.2. The highest BCUT2D eigenvalue weighted by Gasteiger charge is 2.11. The molecule has 1 rings (SSSR count). The van der Waals surface area contributed by atoms with Crippen molar-refractivity contribution in [3.05, 3.63) is 59.2 Å².